The second-order valence-corrected chi connectivity index (χ2v) is 4.81. The van der Waals surface area contributed by atoms with Gasteiger partial charge >= 0.3 is 0 Å². The molecular formula is C13H17ClO2. The zero-order valence-corrected chi connectivity index (χ0v) is 10.7. The molecule has 2 nitrogen and oxygen atoms in total. The van der Waals surface area contributed by atoms with E-state index in [9.17, 15) is 0 Å². The average Bonchev–Trinajstić information content (AvgIpc) is 2.32. The van der Waals surface area contributed by atoms with Crippen LogP contribution in [-0.4, -0.2) is 14.2 Å². The molecule has 0 saturated heterocycles. The summed E-state index contributed by atoms with van der Waals surface area (Å²) in [6, 6.07) is 4.08. The van der Waals surface area contributed by atoms with Crippen molar-refractivity contribution in [2.45, 2.75) is 31.1 Å². The zero-order chi connectivity index (χ0) is 11.7. The van der Waals surface area contributed by atoms with Gasteiger partial charge in [-0.1, -0.05) is 6.92 Å². The van der Waals surface area contributed by atoms with Crippen LogP contribution in [0.5, 0.6) is 11.5 Å². The van der Waals surface area contributed by atoms with Crippen molar-refractivity contribution in [2.24, 2.45) is 0 Å². The Morgan fingerprint density at radius 1 is 1.06 bits per heavy atom. The van der Waals surface area contributed by atoms with E-state index in [1.54, 1.807) is 14.2 Å². The van der Waals surface area contributed by atoms with Crippen LogP contribution in [0.3, 0.4) is 0 Å². The molecule has 0 heterocycles. The maximum atomic E-state index is 6.34. The molecule has 0 aliphatic heterocycles. The molecule has 2 unspecified atom stereocenters. The zero-order valence-electron chi connectivity index (χ0n) is 9.92. The van der Waals surface area contributed by atoms with E-state index < -0.39 is 0 Å². The van der Waals surface area contributed by atoms with Gasteiger partial charge in [0.05, 0.1) is 19.6 Å². The van der Waals surface area contributed by atoms with Gasteiger partial charge in [-0.25, -0.2) is 0 Å². The van der Waals surface area contributed by atoms with Crippen LogP contribution in [0.15, 0.2) is 12.1 Å². The Morgan fingerprint density at radius 2 is 1.62 bits per heavy atom. The number of methoxy groups -OCH3 is 2. The first-order valence-corrected chi connectivity index (χ1v) is 6.01. The standard InChI is InChI=1S/C13H17ClO2/c1-8-4-5-11(14)10-7-13(16-3)12(15-2)6-9(8)10/h6-8,11H,4-5H2,1-3H3. The van der Waals surface area contributed by atoms with E-state index >= 15 is 0 Å². The van der Waals surface area contributed by atoms with Crippen LogP contribution in [0, 0.1) is 0 Å². The lowest BCUT2D eigenvalue weighted by Crippen LogP contribution is -2.10. The molecule has 1 aliphatic rings. The highest BCUT2D eigenvalue weighted by atomic mass is 35.5. The predicted molar refractivity (Wildman–Crippen MR) is 65.8 cm³/mol. The van der Waals surface area contributed by atoms with Crippen LogP contribution in [-0.2, 0) is 0 Å². The summed E-state index contributed by atoms with van der Waals surface area (Å²) in [4.78, 5) is 0. The van der Waals surface area contributed by atoms with E-state index in [1.807, 2.05) is 6.07 Å². The molecular weight excluding hydrogens is 224 g/mol. The van der Waals surface area contributed by atoms with Gasteiger partial charge in [-0.3, -0.25) is 0 Å². The first-order valence-electron chi connectivity index (χ1n) is 5.57. The Kier molecular flexibility index (Phi) is 3.29. The van der Waals surface area contributed by atoms with Crippen molar-refractivity contribution in [2.75, 3.05) is 14.2 Å². The molecule has 0 N–H and O–H groups in total. The highest BCUT2D eigenvalue weighted by molar-refractivity contribution is 6.21. The molecule has 3 heteroatoms. The normalized spacial score (nSPS) is 23.8. The quantitative estimate of drug-likeness (QED) is 0.731. The summed E-state index contributed by atoms with van der Waals surface area (Å²) in [5.41, 5.74) is 2.49. The van der Waals surface area contributed by atoms with E-state index in [1.165, 1.54) is 11.1 Å². The summed E-state index contributed by atoms with van der Waals surface area (Å²) < 4.78 is 10.6. The molecule has 0 amide bonds. The van der Waals surface area contributed by atoms with Crippen molar-refractivity contribution < 1.29 is 9.47 Å². The van der Waals surface area contributed by atoms with Crippen LogP contribution in [0.2, 0.25) is 0 Å². The van der Waals surface area contributed by atoms with Gasteiger partial charge in [0.15, 0.2) is 11.5 Å². The van der Waals surface area contributed by atoms with E-state index in [-0.39, 0.29) is 5.38 Å². The molecule has 88 valence electrons. The lowest BCUT2D eigenvalue weighted by atomic mass is 9.83. The van der Waals surface area contributed by atoms with Gasteiger partial charge in [-0.15, -0.1) is 11.6 Å². The van der Waals surface area contributed by atoms with Crippen molar-refractivity contribution in [1.82, 2.24) is 0 Å². The Labute approximate surface area is 102 Å². The van der Waals surface area contributed by atoms with Gasteiger partial charge in [0.2, 0.25) is 0 Å². The van der Waals surface area contributed by atoms with Crippen molar-refractivity contribution >= 4 is 11.6 Å². The SMILES string of the molecule is COc1cc2c(cc1OC)C(Cl)CCC2C. The number of benzene rings is 1. The highest BCUT2D eigenvalue weighted by Gasteiger charge is 2.25. The van der Waals surface area contributed by atoms with Crippen LogP contribution >= 0.6 is 11.6 Å². The van der Waals surface area contributed by atoms with Gasteiger partial charge in [0.1, 0.15) is 0 Å². The van der Waals surface area contributed by atoms with Gasteiger partial charge in [-0.2, -0.15) is 0 Å². The van der Waals surface area contributed by atoms with Gasteiger partial charge < -0.3 is 9.47 Å². The maximum absolute atomic E-state index is 6.34. The molecule has 0 spiro atoms. The number of hydrogen-bond acceptors (Lipinski definition) is 2. The number of halogens is 1. The first-order chi connectivity index (χ1) is 7.67. The van der Waals surface area contributed by atoms with E-state index in [0.717, 1.165) is 24.3 Å². The number of ether oxygens (including phenoxy) is 2. The van der Waals surface area contributed by atoms with E-state index in [4.69, 9.17) is 21.1 Å². The lowest BCUT2D eigenvalue weighted by Gasteiger charge is -2.27. The Bertz CT molecular complexity index is 353. The van der Waals surface area contributed by atoms with Crippen molar-refractivity contribution in [3.8, 4) is 11.5 Å². The molecule has 1 aliphatic carbocycles. The number of alkyl halides is 1. The summed E-state index contributed by atoms with van der Waals surface area (Å²) in [5, 5.41) is 0.103. The molecule has 0 aromatic heterocycles. The number of hydrogen-bond donors (Lipinski definition) is 0. The fourth-order valence-electron chi connectivity index (χ4n) is 2.32. The molecule has 1 aromatic carbocycles. The third kappa shape index (κ3) is 1.86. The first kappa shape index (κ1) is 11.6. The van der Waals surface area contributed by atoms with Crippen LogP contribution < -0.4 is 9.47 Å². The fourth-order valence-corrected chi connectivity index (χ4v) is 2.63. The van der Waals surface area contributed by atoms with Gasteiger partial charge in [-0.05, 0) is 42.0 Å². The summed E-state index contributed by atoms with van der Waals surface area (Å²) in [6.07, 6.45) is 2.17. The molecule has 0 saturated carbocycles. The predicted octanol–water partition coefficient (Wildman–Crippen LogP) is 3.88. The minimum absolute atomic E-state index is 0.103. The monoisotopic (exact) mass is 240 g/mol. The third-order valence-electron chi connectivity index (χ3n) is 3.31. The second kappa shape index (κ2) is 4.54. The molecule has 2 rings (SSSR count). The average molecular weight is 241 g/mol. The second-order valence-electron chi connectivity index (χ2n) is 4.28. The Hall–Kier alpha value is -0.890. The minimum Gasteiger partial charge on any atom is -0.493 e. The third-order valence-corrected chi connectivity index (χ3v) is 3.76. The van der Waals surface area contributed by atoms with E-state index in [0.29, 0.717) is 5.92 Å². The summed E-state index contributed by atoms with van der Waals surface area (Å²) >= 11 is 6.34. The Morgan fingerprint density at radius 3 is 2.19 bits per heavy atom. The van der Waals surface area contributed by atoms with Crippen LogP contribution in [0.25, 0.3) is 0 Å². The number of fused-ring (bicyclic) bond motifs is 1. The molecule has 0 bridgehead atoms. The minimum atomic E-state index is 0.103. The van der Waals surface area contributed by atoms with Crippen molar-refractivity contribution in [3.05, 3.63) is 23.3 Å². The summed E-state index contributed by atoms with van der Waals surface area (Å²) in [7, 11) is 3.32. The Balaban J connectivity index is 2.53. The van der Waals surface area contributed by atoms with Crippen molar-refractivity contribution in [3.63, 3.8) is 0 Å². The van der Waals surface area contributed by atoms with E-state index in [2.05, 4.69) is 13.0 Å². The van der Waals surface area contributed by atoms with Gasteiger partial charge in [0.25, 0.3) is 0 Å². The molecule has 0 fully saturated rings. The largest absolute Gasteiger partial charge is 0.493 e. The fraction of sp³-hybridized carbons (Fsp3) is 0.538. The smallest absolute Gasteiger partial charge is 0.161 e. The summed E-state index contributed by atoms with van der Waals surface area (Å²) in [5.74, 6) is 2.10. The number of rotatable bonds is 2. The maximum Gasteiger partial charge on any atom is 0.161 e. The molecule has 1 aromatic rings. The van der Waals surface area contributed by atoms with Gasteiger partial charge in [0, 0.05) is 0 Å². The molecule has 2 atom stereocenters. The highest BCUT2D eigenvalue weighted by Crippen LogP contribution is 2.45. The topological polar surface area (TPSA) is 18.5 Å². The lowest BCUT2D eigenvalue weighted by molar-refractivity contribution is 0.353. The molecule has 16 heavy (non-hydrogen) atoms. The van der Waals surface area contributed by atoms with Crippen LogP contribution in [0.1, 0.15) is 42.2 Å². The van der Waals surface area contributed by atoms with Crippen LogP contribution in [0.4, 0.5) is 0 Å². The summed E-state index contributed by atoms with van der Waals surface area (Å²) in [6.45, 7) is 2.23. The molecule has 0 radical (unpaired) electrons. The van der Waals surface area contributed by atoms with Crippen molar-refractivity contribution in [1.29, 1.82) is 0 Å².